The van der Waals surface area contributed by atoms with Crippen LogP contribution in [-0.4, -0.2) is 41.7 Å². The molecule has 1 rings (SSSR count). The first-order chi connectivity index (χ1) is 8.77. The Kier molecular flexibility index (Phi) is 7.75. The number of amides is 1. The van der Waals surface area contributed by atoms with E-state index in [0.29, 0.717) is 16.7 Å². The summed E-state index contributed by atoms with van der Waals surface area (Å²) < 4.78 is 0. The van der Waals surface area contributed by atoms with E-state index in [1.165, 1.54) is 36.4 Å². The SMILES string of the molecule is CNc1nnc(C(=O)NCCCCCCSC)s1. The van der Waals surface area contributed by atoms with Crippen molar-refractivity contribution >= 4 is 34.1 Å². The quantitative estimate of drug-likeness (QED) is 0.682. The molecule has 2 N–H and O–H groups in total. The van der Waals surface area contributed by atoms with E-state index in [1.54, 1.807) is 7.05 Å². The Morgan fingerprint density at radius 2 is 2.06 bits per heavy atom. The van der Waals surface area contributed by atoms with Gasteiger partial charge in [0, 0.05) is 13.6 Å². The van der Waals surface area contributed by atoms with Crippen LogP contribution in [0.3, 0.4) is 0 Å². The minimum atomic E-state index is -0.127. The zero-order valence-corrected chi connectivity index (χ0v) is 12.5. The lowest BCUT2D eigenvalue weighted by Crippen LogP contribution is -2.24. The predicted octanol–water partition coefficient (Wildman–Crippen LogP) is 2.23. The van der Waals surface area contributed by atoms with Crippen molar-refractivity contribution in [2.75, 3.05) is 30.9 Å². The van der Waals surface area contributed by atoms with Crippen LogP contribution in [0.2, 0.25) is 0 Å². The van der Waals surface area contributed by atoms with Gasteiger partial charge in [-0.05, 0) is 24.9 Å². The summed E-state index contributed by atoms with van der Waals surface area (Å²) in [5.74, 6) is 1.10. The smallest absolute Gasteiger partial charge is 0.282 e. The molecule has 1 heterocycles. The number of nitrogens with one attached hydrogen (secondary N) is 2. The second-order valence-corrected chi connectivity index (χ2v) is 5.79. The van der Waals surface area contributed by atoms with Gasteiger partial charge >= 0.3 is 0 Å². The summed E-state index contributed by atoms with van der Waals surface area (Å²) in [4.78, 5) is 11.7. The molecule has 1 aromatic rings. The fourth-order valence-corrected chi connectivity index (χ4v) is 2.52. The number of carbonyl (C=O) groups is 1. The summed E-state index contributed by atoms with van der Waals surface area (Å²) in [5, 5.41) is 14.5. The molecular weight excluding hydrogens is 268 g/mol. The Bertz CT molecular complexity index is 357. The molecule has 0 aliphatic heterocycles. The molecule has 0 atom stereocenters. The van der Waals surface area contributed by atoms with E-state index in [1.807, 2.05) is 11.8 Å². The normalized spacial score (nSPS) is 10.3. The molecule has 0 radical (unpaired) electrons. The van der Waals surface area contributed by atoms with E-state index in [2.05, 4.69) is 27.1 Å². The number of hydrogen-bond acceptors (Lipinski definition) is 6. The van der Waals surface area contributed by atoms with Crippen molar-refractivity contribution in [1.82, 2.24) is 15.5 Å². The van der Waals surface area contributed by atoms with Crippen molar-refractivity contribution in [2.24, 2.45) is 0 Å². The van der Waals surface area contributed by atoms with E-state index >= 15 is 0 Å². The van der Waals surface area contributed by atoms with Crippen molar-refractivity contribution < 1.29 is 4.79 Å². The standard InChI is InChI=1S/C11H20N4OS2/c1-12-11-15-14-10(18-11)9(16)13-7-5-3-4-6-8-17-2/h3-8H2,1-2H3,(H,12,15)(H,13,16). The van der Waals surface area contributed by atoms with Gasteiger partial charge in [0.05, 0.1) is 0 Å². The van der Waals surface area contributed by atoms with Crippen molar-refractivity contribution in [2.45, 2.75) is 25.7 Å². The maximum atomic E-state index is 11.7. The number of nitrogens with zero attached hydrogens (tertiary/aromatic N) is 2. The first-order valence-corrected chi connectivity index (χ1v) is 8.27. The lowest BCUT2D eigenvalue weighted by atomic mass is 10.2. The Morgan fingerprint density at radius 3 is 2.72 bits per heavy atom. The molecule has 5 nitrogen and oxygen atoms in total. The van der Waals surface area contributed by atoms with Crippen LogP contribution in [-0.2, 0) is 0 Å². The number of anilines is 1. The molecule has 1 aromatic heterocycles. The van der Waals surface area contributed by atoms with Crippen LogP contribution in [0.5, 0.6) is 0 Å². The highest BCUT2D eigenvalue weighted by Gasteiger charge is 2.10. The maximum Gasteiger partial charge on any atom is 0.282 e. The monoisotopic (exact) mass is 288 g/mol. The fourth-order valence-electron chi connectivity index (χ4n) is 1.42. The van der Waals surface area contributed by atoms with Gasteiger partial charge in [-0.15, -0.1) is 10.2 Å². The van der Waals surface area contributed by atoms with Crippen LogP contribution in [0.4, 0.5) is 5.13 Å². The highest BCUT2D eigenvalue weighted by atomic mass is 32.2. The zero-order valence-electron chi connectivity index (χ0n) is 10.9. The van der Waals surface area contributed by atoms with Gasteiger partial charge in [-0.2, -0.15) is 11.8 Å². The minimum Gasteiger partial charge on any atom is -0.363 e. The van der Waals surface area contributed by atoms with Gasteiger partial charge in [0.25, 0.3) is 5.91 Å². The third kappa shape index (κ3) is 5.68. The Hall–Kier alpha value is -0.820. The van der Waals surface area contributed by atoms with Crippen LogP contribution < -0.4 is 10.6 Å². The molecule has 0 spiro atoms. The van der Waals surface area contributed by atoms with Crippen LogP contribution >= 0.6 is 23.1 Å². The Balaban J connectivity index is 2.10. The second kappa shape index (κ2) is 9.16. The van der Waals surface area contributed by atoms with Gasteiger partial charge in [-0.25, -0.2) is 0 Å². The van der Waals surface area contributed by atoms with Gasteiger partial charge in [-0.3, -0.25) is 4.79 Å². The molecule has 0 fully saturated rings. The van der Waals surface area contributed by atoms with Gasteiger partial charge in [0.1, 0.15) is 0 Å². The van der Waals surface area contributed by atoms with Crippen LogP contribution in [0.25, 0.3) is 0 Å². The van der Waals surface area contributed by atoms with Gasteiger partial charge < -0.3 is 10.6 Å². The maximum absolute atomic E-state index is 11.7. The highest BCUT2D eigenvalue weighted by Crippen LogP contribution is 2.13. The van der Waals surface area contributed by atoms with E-state index in [0.717, 1.165) is 6.42 Å². The number of aromatic nitrogens is 2. The number of unbranched alkanes of at least 4 members (excludes halogenated alkanes) is 3. The van der Waals surface area contributed by atoms with Gasteiger partial charge in [0.15, 0.2) is 0 Å². The van der Waals surface area contributed by atoms with Crippen molar-refractivity contribution in [3.05, 3.63) is 5.01 Å². The van der Waals surface area contributed by atoms with Crippen LogP contribution in [0.1, 0.15) is 35.5 Å². The van der Waals surface area contributed by atoms with E-state index in [9.17, 15) is 4.79 Å². The molecule has 0 bridgehead atoms. The zero-order chi connectivity index (χ0) is 13.2. The number of hydrogen-bond donors (Lipinski definition) is 2. The average Bonchev–Trinajstić information content (AvgIpc) is 2.86. The first-order valence-electron chi connectivity index (χ1n) is 6.06. The number of rotatable bonds is 9. The minimum absolute atomic E-state index is 0.127. The van der Waals surface area contributed by atoms with Crippen molar-refractivity contribution in [3.63, 3.8) is 0 Å². The summed E-state index contributed by atoms with van der Waals surface area (Å²) in [6.45, 7) is 0.715. The molecule has 1 amide bonds. The largest absolute Gasteiger partial charge is 0.363 e. The number of thioether (sulfide) groups is 1. The summed E-state index contributed by atoms with van der Waals surface area (Å²) in [6, 6.07) is 0. The molecule has 0 saturated carbocycles. The lowest BCUT2D eigenvalue weighted by molar-refractivity contribution is 0.0952. The molecule has 18 heavy (non-hydrogen) atoms. The number of carbonyl (C=O) groups excluding carboxylic acids is 1. The Labute approximate surface area is 116 Å². The van der Waals surface area contributed by atoms with Crippen molar-refractivity contribution in [3.8, 4) is 0 Å². The lowest BCUT2D eigenvalue weighted by Gasteiger charge is -2.02. The Morgan fingerprint density at radius 1 is 1.28 bits per heavy atom. The molecule has 0 unspecified atom stereocenters. The summed E-state index contributed by atoms with van der Waals surface area (Å²) in [5.41, 5.74) is 0. The van der Waals surface area contributed by atoms with E-state index < -0.39 is 0 Å². The molecular formula is C11H20N4OS2. The summed E-state index contributed by atoms with van der Waals surface area (Å²) in [6.07, 6.45) is 6.81. The van der Waals surface area contributed by atoms with Crippen molar-refractivity contribution in [1.29, 1.82) is 0 Å². The van der Waals surface area contributed by atoms with Gasteiger partial charge in [0.2, 0.25) is 10.1 Å². The molecule has 0 saturated heterocycles. The molecule has 7 heteroatoms. The van der Waals surface area contributed by atoms with Crippen LogP contribution in [0, 0.1) is 0 Å². The third-order valence-corrected chi connectivity index (χ3v) is 4.03. The highest BCUT2D eigenvalue weighted by molar-refractivity contribution is 7.98. The molecule has 102 valence electrons. The van der Waals surface area contributed by atoms with Crippen LogP contribution in [0.15, 0.2) is 0 Å². The molecule has 0 aliphatic rings. The van der Waals surface area contributed by atoms with E-state index in [-0.39, 0.29) is 5.91 Å². The van der Waals surface area contributed by atoms with Gasteiger partial charge in [-0.1, -0.05) is 24.2 Å². The summed E-state index contributed by atoms with van der Waals surface area (Å²) >= 11 is 3.15. The molecule has 0 aromatic carbocycles. The summed E-state index contributed by atoms with van der Waals surface area (Å²) in [7, 11) is 1.76. The topological polar surface area (TPSA) is 66.9 Å². The van der Waals surface area contributed by atoms with E-state index in [4.69, 9.17) is 0 Å². The average molecular weight is 288 g/mol. The second-order valence-electron chi connectivity index (χ2n) is 3.83. The predicted molar refractivity (Wildman–Crippen MR) is 78.6 cm³/mol. The molecule has 0 aliphatic carbocycles. The third-order valence-electron chi connectivity index (χ3n) is 2.39. The fraction of sp³-hybridized carbons (Fsp3) is 0.727. The first kappa shape index (κ1) is 15.2.